The van der Waals surface area contributed by atoms with E-state index in [9.17, 15) is 4.39 Å². The number of anilines is 2. The quantitative estimate of drug-likeness (QED) is 0.810. The van der Waals surface area contributed by atoms with Crippen LogP contribution in [-0.4, -0.2) is 31.6 Å². The van der Waals surface area contributed by atoms with Crippen molar-refractivity contribution in [1.82, 2.24) is 4.90 Å². The normalized spacial score (nSPS) is 13.1. The first kappa shape index (κ1) is 15.1. The van der Waals surface area contributed by atoms with Gasteiger partial charge in [0, 0.05) is 18.7 Å². The molecule has 0 radical (unpaired) electrons. The van der Waals surface area contributed by atoms with Crippen molar-refractivity contribution in [3.05, 3.63) is 23.0 Å². The molecule has 1 aromatic rings. The van der Waals surface area contributed by atoms with Crippen molar-refractivity contribution in [2.45, 2.75) is 19.9 Å². The molecule has 1 atom stereocenters. The molecule has 0 fully saturated rings. The van der Waals surface area contributed by atoms with Gasteiger partial charge in [-0.1, -0.05) is 25.4 Å². The van der Waals surface area contributed by atoms with Gasteiger partial charge in [-0.2, -0.15) is 0 Å². The van der Waals surface area contributed by atoms with Crippen molar-refractivity contribution >= 4 is 23.0 Å². The highest BCUT2D eigenvalue weighted by atomic mass is 35.5. The summed E-state index contributed by atoms with van der Waals surface area (Å²) in [6.07, 6.45) is 0. The molecular formula is C13H21ClFN3. The molecule has 0 aliphatic rings. The number of hydrogen-bond donors (Lipinski definition) is 2. The van der Waals surface area contributed by atoms with Crippen LogP contribution in [0.15, 0.2) is 12.1 Å². The van der Waals surface area contributed by atoms with Crippen LogP contribution in [-0.2, 0) is 0 Å². The van der Waals surface area contributed by atoms with E-state index in [0.717, 1.165) is 6.54 Å². The Kier molecular flexibility index (Phi) is 5.23. The number of benzene rings is 1. The van der Waals surface area contributed by atoms with Gasteiger partial charge < -0.3 is 16.0 Å². The molecule has 0 saturated heterocycles. The van der Waals surface area contributed by atoms with Gasteiger partial charge in [0.15, 0.2) is 0 Å². The molecule has 0 saturated carbocycles. The average Bonchev–Trinajstić information content (AvgIpc) is 2.23. The Morgan fingerprint density at radius 1 is 1.39 bits per heavy atom. The fourth-order valence-corrected chi connectivity index (χ4v) is 1.88. The number of halogens is 2. The van der Waals surface area contributed by atoms with Crippen LogP contribution in [0.5, 0.6) is 0 Å². The van der Waals surface area contributed by atoms with E-state index in [-0.39, 0.29) is 11.1 Å². The predicted molar refractivity (Wildman–Crippen MR) is 76.6 cm³/mol. The van der Waals surface area contributed by atoms with Gasteiger partial charge in [-0.25, -0.2) is 4.39 Å². The van der Waals surface area contributed by atoms with E-state index in [4.69, 9.17) is 17.3 Å². The van der Waals surface area contributed by atoms with Crippen LogP contribution in [0.4, 0.5) is 15.8 Å². The minimum absolute atomic E-state index is 0.0479. The highest BCUT2D eigenvalue weighted by Gasteiger charge is 2.16. The third-order valence-electron chi connectivity index (χ3n) is 2.80. The minimum Gasteiger partial charge on any atom is -0.397 e. The molecule has 0 bridgehead atoms. The molecule has 1 unspecified atom stereocenters. The van der Waals surface area contributed by atoms with Crippen molar-refractivity contribution in [1.29, 1.82) is 0 Å². The largest absolute Gasteiger partial charge is 0.397 e. The van der Waals surface area contributed by atoms with Gasteiger partial charge in [0.1, 0.15) is 5.82 Å². The van der Waals surface area contributed by atoms with Crippen LogP contribution < -0.4 is 11.1 Å². The lowest BCUT2D eigenvalue weighted by molar-refractivity contribution is 0.344. The van der Waals surface area contributed by atoms with Crippen molar-refractivity contribution in [3.8, 4) is 0 Å². The number of hydrogen-bond acceptors (Lipinski definition) is 3. The first-order valence-electron chi connectivity index (χ1n) is 5.97. The van der Waals surface area contributed by atoms with Gasteiger partial charge in [-0.05, 0) is 26.1 Å². The predicted octanol–water partition coefficient (Wildman–Crippen LogP) is 3.06. The summed E-state index contributed by atoms with van der Waals surface area (Å²) < 4.78 is 13.4. The fourth-order valence-electron chi connectivity index (χ4n) is 1.70. The lowest BCUT2D eigenvalue weighted by Gasteiger charge is -2.27. The Morgan fingerprint density at radius 3 is 2.50 bits per heavy atom. The number of nitrogen functional groups attached to an aromatic ring is 1. The summed E-state index contributed by atoms with van der Waals surface area (Å²) >= 11 is 5.68. The van der Waals surface area contributed by atoms with Crippen molar-refractivity contribution < 1.29 is 4.39 Å². The van der Waals surface area contributed by atoms with E-state index in [2.05, 4.69) is 24.1 Å². The Morgan fingerprint density at radius 2 is 2.00 bits per heavy atom. The first-order valence-corrected chi connectivity index (χ1v) is 6.34. The second kappa shape index (κ2) is 6.25. The molecule has 0 heterocycles. The molecule has 3 N–H and O–H groups in total. The number of nitrogens with two attached hydrogens (primary N) is 1. The molecule has 0 aromatic heterocycles. The van der Waals surface area contributed by atoms with Gasteiger partial charge >= 0.3 is 0 Å². The zero-order valence-electron chi connectivity index (χ0n) is 11.3. The molecule has 1 aromatic carbocycles. The molecule has 0 amide bonds. The Bertz CT molecular complexity index is 407. The maximum Gasteiger partial charge on any atom is 0.143 e. The summed E-state index contributed by atoms with van der Waals surface area (Å²) in [6.45, 7) is 5.08. The molecule has 5 heteroatoms. The van der Waals surface area contributed by atoms with E-state index >= 15 is 0 Å². The van der Waals surface area contributed by atoms with Crippen LogP contribution in [0, 0.1) is 11.7 Å². The van der Waals surface area contributed by atoms with Gasteiger partial charge in [0.2, 0.25) is 0 Å². The van der Waals surface area contributed by atoms with Crippen LogP contribution in [0.25, 0.3) is 0 Å². The van der Waals surface area contributed by atoms with E-state index in [1.807, 2.05) is 14.1 Å². The molecule has 0 aliphatic carbocycles. The molecule has 0 spiro atoms. The third kappa shape index (κ3) is 4.03. The maximum atomic E-state index is 13.4. The first-order chi connectivity index (χ1) is 8.31. The van der Waals surface area contributed by atoms with Gasteiger partial charge in [0.25, 0.3) is 0 Å². The van der Waals surface area contributed by atoms with Crippen LogP contribution in [0.1, 0.15) is 13.8 Å². The zero-order valence-corrected chi connectivity index (χ0v) is 12.1. The summed E-state index contributed by atoms with van der Waals surface area (Å²) in [5.41, 5.74) is 6.90. The summed E-state index contributed by atoms with van der Waals surface area (Å²) in [7, 11) is 4.01. The zero-order chi connectivity index (χ0) is 13.9. The fraction of sp³-hybridized carbons (Fsp3) is 0.538. The standard InChI is InChI=1S/C13H21ClFN3/c1-8(2)13(7-18(3)4)17-12-6-10(15)9(14)5-11(12)16/h5-6,8,13,17H,7,16H2,1-4H3. The maximum absolute atomic E-state index is 13.4. The number of rotatable bonds is 5. The lowest BCUT2D eigenvalue weighted by atomic mass is 10.0. The van der Waals surface area contributed by atoms with Gasteiger partial charge in [0.05, 0.1) is 16.4 Å². The summed E-state index contributed by atoms with van der Waals surface area (Å²) in [4.78, 5) is 2.08. The van der Waals surface area contributed by atoms with Crippen LogP contribution in [0.2, 0.25) is 5.02 Å². The second-order valence-corrected chi connectivity index (χ2v) is 5.52. The number of likely N-dealkylation sites (N-methyl/N-ethyl adjacent to an activating group) is 1. The average molecular weight is 274 g/mol. The smallest absolute Gasteiger partial charge is 0.143 e. The third-order valence-corrected chi connectivity index (χ3v) is 3.09. The monoisotopic (exact) mass is 273 g/mol. The second-order valence-electron chi connectivity index (χ2n) is 5.11. The molecule has 0 aliphatic heterocycles. The highest BCUT2D eigenvalue weighted by molar-refractivity contribution is 6.31. The molecular weight excluding hydrogens is 253 g/mol. The van der Waals surface area contributed by atoms with Crippen molar-refractivity contribution in [2.24, 2.45) is 5.92 Å². The molecule has 1 rings (SSSR count). The SMILES string of the molecule is CC(C)C(CN(C)C)Nc1cc(F)c(Cl)cc1N. The molecule has 3 nitrogen and oxygen atoms in total. The Balaban J connectivity index is 2.90. The summed E-state index contributed by atoms with van der Waals surface area (Å²) in [5.74, 6) is -0.0498. The van der Waals surface area contributed by atoms with Crippen LogP contribution in [0.3, 0.4) is 0 Å². The Hall–Kier alpha value is -1.00. The summed E-state index contributed by atoms with van der Waals surface area (Å²) in [6, 6.07) is 2.98. The Labute approximate surface area is 113 Å². The topological polar surface area (TPSA) is 41.3 Å². The van der Waals surface area contributed by atoms with E-state index in [1.54, 1.807) is 0 Å². The van der Waals surface area contributed by atoms with Gasteiger partial charge in [-0.3, -0.25) is 0 Å². The molecule has 102 valence electrons. The summed E-state index contributed by atoms with van der Waals surface area (Å²) in [5, 5.41) is 3.33. The lowest BCUT2D eigenvalue weighted by Crippen LogP contribution is -2.36. The van der Waals surface area contributed by atoms with Gasteiger partial charge in [-0.15, -0.1) is 0 Å². The highest BCUT2D eigenvalue weighted by Crippen LogP contribution is 2.27. The number of nitrogens with one attached hydrogen (secondary N) is 1. The van der Waals surface area contributed by atoms with E-state index in [0.29, 0.717) is 17.3 Å². The number of nitrogens with zero attached hydrogens (tertiary/aromatic N) is 1. The molecule has 18 heavy (non-hydrogen) atoms. The van der Waals surface area contributed by atoms with E-state index < -0.39 is 5.82 Å². The van der Waals surface area contributed by atoms with Crippen molar-refractivity contribution in [2.75, 3.05) is 31.7 Å². The minimum atomic E-state index is -0.458. The van der Waals surface area contributed by atoms with Crippen molar-refractivity contribution in [3.63, 3.8) is 0 Å². The van der Waals surface area contributed by atoms with Crippen LogP contribution >= 0.6 is 11.6 Å². The van der Waals surface area contributed by atoms with E-state index in [1.165, 1.54) is 12.1 Å².